The molecule has 0 fully saturated rings. The van der Waals surface area contributed by atoms with E-state index in [4.69, 9.17) is 9.84 Å². The summed E-state index contributed by atoms with van der Waals surface area (Å²) in [4.78, 5) is 17.3. The second kappa shape index (κ2) is 7.79. The van der Waals surface area contributed by atoms with Crippen LogP contribution in [0.2, 0.25) is 0 Å². The van der Waals surface area contributed by atoms with Crippen LogP contribution in [-0.4, -0.2) is 46.8 Å². The molecule has 1 atom stereocenters. The molecule has 1 aromatic rings. The topological polar surface area (TPSA) is 62.7 Å². The predicted molar refractivity (Wildman–Crippen MR) is 68.2 cm³/mol. The molecule has 0 aromatic carbocycles. The smallest absolute Gasteiger partial charge is 0.334 e. The van der Waals surface area contributed by atoms with Gasteiger partial charge >= 0.3 is 5.97 Å². The second-order valence-electron chi connectivity index (χ2n) is 3.93. The first-order valence-corrected chi connectivity index (χ1v) is 6.14. The van der Waals surface area contributed by atoms with Gasteiger partial charge in [-0.3, -0.25) is 9.88 Å². The molecule has 0 saturated heterocycles. The van der Waals surface area contributed by atoms with Gasteiger partial charge in [-0.25, -0.2) is 4.79 Å². The van der Waals surface area contributed by atoms with E-state index in [1.54, 1.807) is 13.1 Å². The van der Waals surface area contributed by atoms with Gasteiger partial charge in [-0.15, -0.1) is 0 Å². The number of hydrogen-bond acceptors (Lipinski definition) is 4. The minimum absolute atomic E-state index is 0.371. The minimum atomic E-state index is -0.920. The van der Waals surface area contributed by atoms with E-state index in [1.807, 2.05) is 30.0 Å². The highest BCUT2D eigenvalue weighted by atomic mass is 16.5. The number of aromatic nitrogens is 1. The van der Waals surface area contributed by atoms with Gasteiger partial charge in [0.15, 0.2) is 6.10 Å². The normalized spacial score (nSPS) is 12.6. The summed E-state index contributed by atoms with van der Waals surface area (Å²) in [5, 5.41) is 9.05. The Balaban J connectivity index is 2.57. The van der Waals surface area contributed by atoms with Crippen molar-refractivity contribution < 1.29 is 14.6 Å². The zero-order chi connectivity index (χ0) is 13.4. The van der Waals surface area contributed by atoms with Crippen molar-refractivity contribution in [3.63, 3.8) is 0 Å². The average Bonchev–Trinajstić information content (AvgIpc) is 2.38. The lowest BCUT2D eigenvalue weighted by atomic mass is 10.2. The van der Waals surface area contributed by atoms with Crippen LogP contribution in [0.3, 0.4) is 0 Å². The van der Waals surface area contributed by atoms with Crippen LogP contribution in [0, 0.1) is 0 Å². The van der Waals surface area contributed by atoms with Crippen molar-refractivity contribution in [3.8, 4) is 0 Å². The number of carbonyl (C=O) groups is 1. The Kier molecular flexibility index (Phi) is 6.32. The zero-order valence-electron chi connectivity index (χ0n) is 10.9. The lowest BCUT2D eigenvalue weighted by Crippen LogP contribution is -2.38. The summed E-state index contributed by atoms with van der Waals surface area (Å²) >= 11 is 0. The summed E-state index contributed by atoms with van der Waals surface area (Å²) < 4.78 is 5.21. The van der Waals surface area contributed by atoms with Crippen molar-refractivity contribution >= 4 is 5.97 Å². The fourth-order valence-electron chi connectivity index (χ4n) is 1.66. The minimum Gasteiger partial charge on any atom is -0.479 e. The fraction of sp³-hybridized carbons (Fsp3) is 0.538. The van der Waals surface area contributed by atoms with E-state index < -0.39 is 12.1 Å². The molecule has 1 aromatic heterocycles. The number of nitrogens with zero attached hydrogens (tertiary/aromatic N) is 2. The van der Waals surface area contributed by atoms with E-state index in [9.17, 15) is 4.79 Å². The third-order valence-corrected chi connectivity index (χ3v) is 2.63. The molecule has 0 radical (unpaired) electrons. The third kappa shape index (κ3) is 4.81. The summed E-state index contributed by atoms with van der Waals surface area (Å²) in [6.07, 6.45) is 0.957. The van der Waals surface area contributed by atoms with E-state index in [-0.39, 0.29) is 0 Å². The maximum atomic E-state index is 11.0. The second-order valence-corrected chi connectivity index (χ2v) is 3.93. The highest BCUT2D eigenvalue weighted by Gasteiger charge is 2.20. The molecule has 5 nitrogen and oxygen atoms in total. The van der Waals surface area contributed by atoms with Gasteiger partial charge in [-0.2, -0.15) is 0 Å². The Morgan fingerprint density at radius 1 is 1.50 bits per heavy atom. The predicted octanol–water partition coefficient (Wildman–Crippen LogP) is 1.39. The third-order valence-electron chi connectivity index (χ3n) is 2.63. The van der Waals surface area contributed by atoms with E-state index in [1.165, 1.54) is 0 Å². The lowest BCUT2D eigenvalue weighted by molar-refractivity contribution is -0.151. The molecule has 1 N–H and O–H groups in total. The van der Waals surface area contributed by atoms with Gasteiger partial charge < -0.3 is 9.84 Å². The summed E-state index contributed by atoms with van der Waals surface area (Å²) in [6.45, 7) is 5.95. The SMILES string of the molecule is CCOC(CN(CC)Cc1ccccn1)C(=O)O. The Morgan fingerprint density at radius 3 is 2.78 bits per heavy atom. The number of carboxylic acids is 1. The van der Waals surface area contributed by atoms with Crippen LogP contribution < -0.4 is 0 Å². The van der Waals surface area contributed by atoms with Crippen LogP contribution in [0.5, 0.6) is 0 Å². The number of aliphatic carboxylic acids is 1. The molecule has 0 amide bonds. The Hall–Kier alpha value is -1.46. The van der Waals surface area contributed by atoms with Crippen molar-refractivity contribution in [2.75, 3.05) is 19.7 Å². The number of likely N-dealkylation sites (N-methyl/N-ethyl adjacent to an activating group) is 1. The number of hydrogen-bond donors (Lipinski definition) is 1. The summed E-state index contributed by atoms with van der Waals surface area (Å²) in [5.74, 6) is -0.920. The van der Waals surface area contributed by atoms with Crippen molar-refractivity contribution in [1.29, 1.82) is 0 Å². The Labute approximate surface area is 107 Å². The molecule has 1 rings (SSSR count). The van der Waals surface area contributed by atoms with Crippen LogP contribution in [0.15, 0.2) is 24.4 Å². The van der Waals surface area contributed by atoms with Crippen LogP contribution in [-0.2, 0) is 16.1 Å². The first-order valence-electron chi connectivity index (χ1n) is 6.14. The number of ether oxygens (including phenoxy) is 1. The van der Waals surface area contributed by atoms with Crippen molar-refractivity contribution in [1.82, 2.24) is 9.88 Å². The molecule has 0 aliphatic heterocycles. The molecular weight excluding hydrogens is 232 g/mol. The van der Waals surface area contributed by atoms with Crippen LogP contribution in [0.25, 0.3) is 0 Å². The van der Waals surface area contributed by atoms with Crippen molar-refractivity contribution in [2.24, 2.45) is 0 Å². The molecule has 1 heterocycles. The van der Waals surface area contributed by atoms with Gasteiger partial charge in [-0.05, 0) is 25.6 Å². The van der Waals surface area contributed by atoms with Crippen molar-refractivity contribution in [3.05, 3.63) is 30.1 Å². The number of rotatable bonds is 8. The van der Waals surface area contributed by atoms with E-state index >= 15 is 0 Å². The fourth-order valence-corrected chi connectivity index (χ4v) is 1.66. The molecule has 100 valence electrons. The first-order chi connectivity index (χ1) is 8.67. The zero-order valence-corrected chi connectivity index (χ0v) is 10.9. The van der Waals surface area contributed by atoms with Gasteiger partial charge in [-0.1, -0.05) is 13.0 Å². The summed E-state index contributed by atoms with van der Waals surface area (Å²) in [5.41, 5.74) is 0.931. The molecule has 0 aliphatic rings. The number of pyridine rings is 1. The molecule has 0 aliphatic carbocycles. The van der Waals surface area contributed by atoms with Crippen LogP contribution in [0.1, 0.15) is 19.5 Å². The average molecular weight is 252 g/mol. The maximum absolute atomic E-state index is 11.0. The monoisotopic (exact) mass is 252 g/mol. The van der Waals surface area contributed by atoms with Gasteiger partial charge in [0.2, 0.25) is 0 Å². The number of carboxylic acid groups (broad SMARTS) is 1. The molecule has 0 spiro atoms. The molecule has 18 heavy (non-hydrogen) atoms. The molecular formula is C13H20N2O3. The largest absolute Gasteiger partial charge is 0.479 e. The van der Waals surface area contributed by atoms with E-state index in [0.717, 1.165) is 12.2 Å². The molecule has 5 heteroatoms. The first kappa shape index (κ1) is 14.6. The van der Waals surface area contributed by atoms with Crippen molar-refractivity contribution in [2.45, 2.75) is 26.5 Å². The van der Waals surface area contributed by atoms with Gasteiger partial charge in [0, 0.05) is 25.9 Å². The van der Waals surface area contributed by atoms with Crippen LogP contribution >= 0.6 is 0 Å². The quantitative estimate of drug-likeness (QED) is 0.757. The van der Waals surface area contributed by atoms with Gasteiger partial charge in [0.05, 0.1) is 5.69 Å². The summed E-state index contributed by atoms with van der Waals surface area (Å²) in [6, 6.07) is 5.71. The van der Waals surface area contributed by atoms with Gasteiger partial charge in [0.25, 0.3) is 0 Å². The Bertz CT molecular complexity index is 357. The maximum Gasteiger partial charge on any atom is 0.334 e. The standard InChI is InChI=1S/C13H20N2O3/c1-3-15(9-11-7-5-6-8-14-11)10-12(13(16)17)18-4-2/h5-8,12H,3-4,9-10H2,1-2H3,(H,16,17). The highest BCUT2D eigenvalue weighted by Crippen LogP contribution is 2.04. The van der Waals surface area contributed by atoms with E-state index in [0.29, 0.717) is 19.7 Å². The Morgan fingerprint density at radius 2 is 2.28 bits per heavy atom. The highest BCUT2D eigenvalue weighted by molar-refractivity contribution is 5.72. The lowest BCUT2D eigenvalue weighted by Gasteiger charge is -2.23. The van der Waals surface area contributed by atoms with Crippen LogP contribution in [0.4, 0.5) is 0 Å². The molecule has 0 bridgehead atoms. The van der Waals surface area contributed by atoms with Gasteiger partial charge in [0.1, 0.15) is 0 Å². The summed E-state index contributed by atoms with van der Waals surface area (Å²) in [7, 11) is 0. The molecule has 1 unspecified atom stereocenters. The van der Waals surface area contributed by atoms with E-state index in [2.05, 4.69) is 4.98 Å². The molecule has 0 saturated carbocycles.